The number of esters is 1. The highest BCUT2D eigenvalue weighted by molar-refractivity contribution is 8.00. The fraction of sp³-hybridized carbons (Fsp3) is 0.438. The molecule has 0 spiro atoms. The summed E-state index contributed by atoms with van der Waals surface area (Å²) in [5, 5.41) is -0.507. The number of hydrogen-bond donors (Lipinski definition) is 0. The molecule has 1 aromatic carbocycles. The molecule has 1 heterocycles. The van der Waals surface area contributed by atoms with Crippen LogP contribution in [0.25, 0.3) is 0 Å². The number of fused-ring (bicyclic) bond motifs is 5. The predicted molar refractivity (Wildman–Crippen MR) is 79.7 cm³/mol. The first-order valence-electron chi connectivity index (χ1n) is 6.91. The van der Waals surface area contributed by atoms with Crippen LogP contribution in [-0.2, 0) is 9.53 Å². The number of benzene rings is 1. The van der Waals surface area contributed by atoms with Gasteiger partial charge in [-0.05, 0) is 31.4 Å². The summed E-state index contributed by atoms with van der Waals surface area (Å²) in [6, 6.07) is 8.37. The van der Waals surface area contributed by atoms with E-state index in [0.29, 0.717) is 5.92 Å². The minimum Gasteiger partial charge on any atom is -0.445 e. The maximum Gasteiger partial charge on any atom is 0.325 e. The maximum absolute atomic E-state index is 12.0. The fourth-order valence-corrected chi connectivity index (χ4v) is 5.75. The molecular formula is C16H15ClO2S. The first kappa shape index (κ1) is 12.8. The van der Waals surface area contributed by atoms with Gasteiger partial charge in [0.05, 0.1) is 0 Å². The van der Waals surface area contributed by atoms with Gasteiger partial charge < -0.3 is 4.74 Å². The fourth-order valence-electron chi connectivity index (χ4n) is 3.72. The van der Waals surface area contributed by atoms with Gasteiger partial charge in [-0.1, -0.05) is 41.6 Å². The van der Waals surface area contributed by atoms with E-state index in [4.69, 9.17) is 16.3 Å². The van der Waals surface area contributed by atoms with Crippen molar-refractivity contribution in [2.45, 2.75) is 28.6 Å². The van der Waals surface area contributed by atoms with Crippen LogP contribution in [0, 0.1) is 24.7 Å². The van der Waals surface area contributed by atoms with E-state index in [0.717, 1.165) is 11.3 Å². The average Bonchev–Trinajstić information content (AvgIpc) is 3.06. The summed E-state index contributed by atoms with van der Waals surface area (Å²) in [7, 11) is 0. The molecular weight excluding hydrogens is 292 g/mol. The van der Waals surface area contributed by atoms with Crippen LogP contribution in [0.15, 0.2) is 41.3 Å². The highest BCUT2D eigenvalue weighted by Crippen LogP contribution is 2.64. The lowest BCUT2D eigenvalue weighted by Crippen LogP contribution is -2.37. The zero-order valence-electron chi connectivity index (χ0n) is 11.1. The zero-order valence-corrected chi connectivity index (χ0v) is 12.7. The van der Waals surface area contributed by atoms with Crippen LogP contribution in [0.2, 0.25) is 0 Å². The summed E-state index contributed by atoms with van der Waals surface area (Å²) >= 11 is 7.99. The molecule has 1 aromatic rings. The van der Waals surface area contributed by atoms with Gasteiger partial charge in [-0.3, -0.25) is 4.79 Å². The third-order valence-corrected chi connectivity index (χ3v) is 6.59. The Morgan fingerprint density at radius 1 is 1.30 bits per heavy atom. The molecule has 0 amide bonds. The Kier molecular flexibility index (Phi) is 2.74. The van der Waals surface area contributed by atoms with E-state index in [1.165, 1.54) is 5.56 Å². The number of rotatable bonds is 2. The number of alkyl halides is 1. The lowest BCUT2D eigenvalue weighted by Gasteiger charge is -2.34. The second-order valence-electron chi connectivity index (χ2n) is 5.88. The SMILES string of the molecule is Cc1ccc(S[C@@]23OC(=O)[C@H](Cl)[C@@H]2[C@@H]2C=C[C@H]3C2)cc1. The normalized spacial score (nSPS) is 41.0. The molecule has 2 fully saturated rings. The lowest BCUT2D eigenvalue weighted by molar-refractivity contribution is -0.144. The second kappa shape index (κ2) is 4.28. The molecule has 0 N–H and O–H groups in total. The van der Waals surface area contributed by atoms with Crippen molar-refractivity contribution in [2.75, 3.05) is 0 Å². The standard InChI is InChI=1S/C16H15ClO2S/c1-9-2-6-12(7-3-9)20-16-11-5-4-10(8-11)13(16)14(17)15(18)19-16/h2-7,10-11,13-14H,8H2,1H3/t10-,11+,13+,14-,16-/m1/s1. The van der Waals surface area contributed by atoms with Crippen molar-refractivity contribution >= 4 is 29.3 Å². The number of ether oxygens (including phenoxy) is 1. The largest absolute Gasteiger partial charge is 0.445 e. The van der Waals surface area contributed by atoms with Crippen molar-refractivity contribution in [3.05, 3.63) is 42.0 Å². The minimum absolute atomic E-state index is 0.0953. The molecule has 4 heteroatoms. The molecule has 3 aliphatic rings. The van der Waals surface area contributed by atoms with Gasteiger partial charge in [0.25, 0.3) is 0 Å². The highest BCUT2D eigenvalue weighted by Gasteiger charge is 2.67. The average molecular weight is 307 g/mol. The van der Waals surface area contributed by atoms with Gasteiger partial charge in [-0.25, -0.2) is 0 Å². The van der Waals surface area contributed by atoms with Gasteiger partial charge in [-0.2, -0.15) is 0 Å². The Balaban J connectivity index is 1.72. The van der Waals surface area contributed by atoms with Gasteiger partial charge in [0.1, 0.15) is 5.38 Å². The zero-order chi connectivity index (χ0) is 13.9. The molecule has 20 heavy (non-hydrogen) atoms. The molecule has 0 radical (unpaired) electrons. The van der Waals surface area contributed by atoms with Gasteiger partial charge in [0, 0.05) is 16.7 Å². The van der Waals surface area contributed by atoms with Gasteiger partial charge >= 0.3 is 5.97 Å². The number of carbonyl (C=O) groups is 1. The van der Waals surface area contributed by atoms with Crippen molar-refractivity contribution < 1.29 is 9.53 Å². The molecule has 2 aliphatic carbocycles. The van der Waals surface area contributed by atoms with Crippen LogP contribution < -0.4 is 0 Å². The molecule has 1 saturated heterocycles. The van der Waals surface area contributed by atoms with Gasteiger partial charge in [0.15, 0.2) is 4.93 Å². The van der Waals surface area contributed by atoms with Crippen molar-refractivity contribution in [1.82, 2.24) is 0 Å². The van der Waals surface area contributed by atoms with E-state index < -0.39 is 10.3 Å². The number of allylic oxidation sites excluding steroid dienone is 1. The van der Waals surface area contributed by atoms with Gasteiger partial charge in [-0.15, -0.1) is 11.6 Å². The van der Waals surface area contributed by atoms with E-state index >= 15 is 0 Å². The van der Waals surface area contributed by atoms with E-state index in [9.17, 15) is 4.79 Å². The molecule has 2 bridgehead atoms. The van der Waals surface area contributed by atoms with Gasteiger partial charge in [0.2, 0.25) is 0 Å². The summed E-state index contributed by atoms with van der Waals surface area (Å²) < 4.78 is 5.79. The van der Waals surface area contributed by atoms with E-state index in [2.05, 4.69) is 43.3 Å². The molecule has 0 unspecified atom stereocenters. The predicted octanol–water partition coefficient (Wildman–Crippen LogP) is 3.77. The summed E-state index contributed by atoms with van der Waals surface area (Å²) in [6.45, 7) is 2.07. The third-order valence-electron chi connectivity index (χ3n) is 4.66. The van der Waals surface area contributed by atoms with E-state index in [1.54, 1.807) is 11.8 Å². The third kappa shape index (κ3) is 1.63. The van der Waals surface area contributed by atoms with Crippen molar-refractivity contribution in [2.24, 2.45) is 17.8 Å². The van der Waals surface area contributed by atoms with Crippen molar-refractivity contribution in [3.63, 3.8) is 0 Å². The van der Waals surface area contributed by atoms with Crippen LogP contribution in [0.3, 0.4) is 0 Å². The quantitative estimate of drug-likeness (QED) is 0.473. The molecule has 0 aromatic heterocycles. The smallest absolute Gasteiger partial charge is 0.325 e. The highest BCUT2D eigenvalue weighted by atomic mass is 35.5. The molecule has 2 nitrogen and oxygen atoms in total. The number of thioether (sulfide) groups is 1. The maximum atomic E-state index is 12.0. The molecule has 4 rings (SSSR count). The Morgan fingerprint density at radius 2 is 2.05 bits per heavy atom. The van der Waals surface area contributed by atoms with Crippen molar-refractivity contribution in [1.29, 1.82) is 0 Å². The Bertz CT molecular complexity index is 595. The van der Waals surface area contributed by atoms with E-state index in [1.807, 2.05) is 0 Å². The Labute approximate surface area is 127 Å². The van der Waals surface area contributed by atoms with Crippen LogP contribution in [0.5, 0.6) is 0 Å². The Hall–Kier alpha value is -0.930. The number of carbonyl (C=O) groups excluding carboxylic acids is 1. The molecule has 104 valence electrons. The monoisotopic (exact) mass is 306 g/mol. The topological polar surface area (TPSA) is 26.3 Å². The minimum atomic E-state index is -0.507. The number of halogens is 1. The van der Waals surface area contributed by atoms with Crippen molar-refractivity contribution in [3.8, 4) is 0 Å². The van der Waals surface area contributed by atoms with Crippen LogP contribution in [-0.4, -0.2) is 16.3 Å². The summed E-state index contributed by atoms with van der Waals surface area (Å²) in [6.07, 6.45) is 5.46. The van der Waals surface area contributed by atoms with Crippen LogP contribution in [0.4, 0.5) is 0 Å². The molecule has 1 saturated carbocycles. The number of hydrogen-bond acceptors (Lipinski definition) is 3. The van der Waals surface area contributed by atoms with Crippen LogP contribution in [0.1, 0.15) is 12.0 Å². The second-order valence-corrected chi connectivity index (χ2v) is 7.66. The molecule has 5 atom stereocenters. The first-order valence-corrected chi connectivity index (χ1v) is 8.16. The summed E-state index contributed by atoms with van der Waals surface area (Å²) in [5.74, 6) is 0.510. The summed E-state index contributed by atoms with van der Waals surface area (Å²) in [5.41, 5.74) is 1.23. The lowest BCUT2D eigenvalue weighted by atomic mass is 9.89. The summed E-state index contributed by atoms with van der Waals surface area (Å²) in [4.78, 5) is 12.6. The molecule has 1 aliphatic heterocycles. The Morgan fingerprint density at radius 3 is 2.80 bits per heavy atom. The van der Waals surface area contributed by atoms with Crippen LogP contribution >= 0.6 is 23.4 Å². The first-order chi connectivity index (χ1) is 9.60. The number of aryl methyl sites for hydroxylation is 1. The van der Waals surface area contributed by atoms with E-state index in [-0.39, 0.29) is 17.8 Å².